The van der Waals surface area contributed by atoms with Gasteiger partial charge in [-0.1, -0.05) is 0 Å². The van der Waals surface area contributed by atoms with Crippen molar-refractivity contribution in [2.24, 2.45) is 0 Å². The second-order valence-electron chi connectivity index (χ2n) is 5.17. The van der Waals surface area contributed by atoms with Crippen LogP contribution in [0.2, 0.25) is 0 Å². The largest absolute Gasteiger partial charge is 0.462 e. The van der Waals surface area contributed by atoms with Gasteiger partial charge in [-0.15, -0.1) is 0 Å². The molecule has 150 valence electrons. The lowest BCUT2D eigenvalue weighted by Crippen LogP contribution is -2.53. The molecule has 0 aromatic carbocycles. The Morgan fingerprint density at radius 2 is 1.27 bits per heavy atom. The minimum Gasteiger partial charge on any atom is -0.462 e. The molecule has 0 heterocycles. The first-order valence-electron chi connectivity index (χ1n) is 8.96. The third-order valence-corrected chi connectivity index (χ3v) is 2.92. The Labute approximate surface area is 154 Å². The third-order valence-electron chi connectivity index (χ3n) is 2.92. The summed E-state index contributed by atoms with van der Waals surface area (Å²) < 4.78 is 44.9. The molecule has 26 heavy (non-hydrogen) atoms. The average Bonchev–Trinajstić information content (AvgIpc) is 2.57. The van der Waals surface area contributed by atoms with Crippen LogP contribution >= 0.6 is 0 Å². The van der Waals surface area contributed by atoms with E-state index in [9.17, 15) is 19.2 Å². The lowest BCUT2D eigenvalue weighted by Gasteiger charge is -2.34. The molecule has 0 saturated carbocycles. The van der Waals surface area contributed by atoms with Gasteiger partial charge < -0.3 is 28.4 Å². The molecule has 0 spiro atoms. The lowest BCUT2D eigenvalue weighted by atomic mass is 10.0. The van der Waals surface area contributed by atoms with E-state index in [0.717, 1.165) is 27.7 Å². The van der Waals surface area contributed by atoms with Gasteiger partial charge >= 0.3 is 23.9 Å². The van der Waals surface area contributed by atoms with Crippen molar-refractivity contribution in [3.05, 3.63) is 0 Å². The second-order valence-corrected chi connectivity index (χ2v) is 5.17. The minimum atomic E-state index is -1.38. The Balaban J connectivity index is 5.91. The molecule has 0 aromatic heterocycles. The molecule has 0 aliphatic rings. The molecule has 0 amide bonds. The lowest BCUT2D eigenvalue weighted by molar-refractivity contribution is -0.200. The third kappa shape index (κ3) is 9.33. The molecular formula is C16H26O10. The maximum absolute atomic E-state index is 11.6. The highest BCUT2D eigenvalue weighted by molar-refractivity contribution is 5.68. The van der Waals surface area contributed by atoms with Crippen LogP contribution in [-0.2, 0) is 47.6 Å². The predicted octanol–water partition coefficient (Wildman–Crippen LogP) is 0.00600. The van der Waals surface area contributed by atoms with Crippen LogP contribution in [-0.4, -0.2) is 75.7 Å². The smallest absolute Gasteiger partial charge is 0.303 e. The Kier molecular flexibility index (Phi) is 9.44. The summed E-state index contributed by atoms with van der Waals surface area (Å²) in [7, 11) is -1.10. The molecule has 0 aliphatic carbocycles. The highest BCUT2D eigenvalue weighted by Gasteiger charge is 2.41. The predicted molar refractivity (Wildman–Crippen MR) is 86.0 cm³/mol. The first kappa shape index (κ1) is 20.1. The zero-order chi connectivity index (χ0) is 21.7. The molecule has 10 nitrogen and oxygen atoms in total. The van der Waals surface area contributed by atoms with Gasteiger partial charge in [0.2, 0.25) is 0 Å². The van der Waals surface area contributed by atoms with Gasteiger partial charge in [-0.05, 0) is 0 Å². The maximum Gasteiger partial charge on any atom is 0.303 e. The van der Waals surface area contributed by atoms with Gasteiger partial charge in [0.25, 0.3) is 0 Å². The van der Waals surface area contributed by atoms with Crippen LogP contribution in [0.3, 0.4) is 0 Å². The van der Waals surface area contributed by atoms with E-state index in [1.165, 1.54) is 0 Å². The van der Waals surface area contributed by atoms with Crippen molar-refractivity contribution >= 4 is 23.9 Å². The zero-order valence-corrected chi connectivity index (χ0v) is 15.2. The first-order valence-corrected chi connectivity index (χ1v) is 7.55. The van der Waals surface area contributed by atoms with E-state index in [0.29, 0.717) is 0 Å². The Morgan fingerprint density at radius 1 is 0.731 bits per heavy atom. The number of carbonyl (C=O) groups excluding carboxylic acids is 4. The van der Waals surface area contributed by atoms with Crippen LogP contribution in [0.25, 0.3) is 0 Å². The summed E-state index contributed by atoms with van der Waals surface area (Å²) in [4.78, 5) is 45.7. The molecule has 0 unspecified atom stereocenters. The SMILES string of the molecule is [2H]COC[C@@H](OC(C)=O)[C@@H](OC(C)=O)[C@H](OC[2H])[C@@H](COC(C)=O)OC(C)=O. The van der Waals surface area contributed by atoms with E-state index in [1.54, 1.807) is 0 Å². The number of carbonyl (C=O) groups is 4. The number of esters is 4. The van der Waals surface area contributed by atoms with Crippen LogP contribution in [0.15, 0.2) is 0 Å². The highest BCUT2D eigenvalue weighted by Crippen LogP contribution is 2.19. The Morgan fingerprint density at radius 3 is 1.69 bits per heavy atom. The van der Waals surface area contributed by atoms with Crippen LogP contribution in [0.5, 0.6) is 0 Å². The second kappa shape index (κ2) is 12.2. The normalized spacial score (nSPS) is 16.2. The molecular weight excluding hydrogens is 352 g/mol. The van der Waals surface area contributed by atoms with Gasteiger partial charge in [-0.3, -0.25) is 19.2 Å². The average molecular weight is 380 g/mol. The summed E-state index contributed by atoms with van der Waals surface area (Å²) >= 11 is 0. The minimum absolute atomic E-state index is 0.334. The molecule has 0 N–H and O–H groups in total. The fourth-order valence-electron chi connectivity index (χ4n) is 2.09. The number of rotatable bonds is 11. The van der Waals surface area contributed by atoms with Crippen molar-refractivity contribution in [2.75, 3.05) is 27.4 Å². The van der Waals surface area contributed by atoms with E-state index in [2.05, 4.69) is 0 Å². The molecule has 0 radical (unpaired) electrons. The molecule has 0 aliphatic heterocycles. The van der Waals surface area contributed by atoms with Crippen molar-refractivity contribution in [1.82, 2.24) is 0 Å². The van der Waals surface area contributed by atoms with Crippen molar-refractivity contribution < 1.29 is 50.3 Å². The van der Waals surface area contributed by atoms with Crippen LogP contribution in [0.1, 0.15) is 30.4 Å². The van der Waals surface area contributed by atoms with Gasteiger partial charge in [-0.2, -0.15) is 0 Å². The summed E-state index contributed by atoms with van der Waals surface area (Å²) in [6, 6.07) is 0. The summed E-state index contributed by atoms with van der Waals surface area (Å²) in [6.07, 6.45) is -5.22. The summed E-state index contributed by atoms with van der Waals surface area (Å²) in [6.45, 7) is 3.66. The van der Waals surface area contributed by atoms with Crippen LogP contribution in [0, 0.1) is 0 Å². The molecule has 0 bridgehead atoms. The van der Waals surface area contributed by atoms with Crippen molar-refractivity contribution in [2.45, 2.75) is 52.1 Å². The maximum atomic E-state index is 11.6. The van der Waals surface area contributed by atoms with Crippen molar-refractivity contribution in [1.29, 1.82) is 0 Å². The van der Waals surface area contributed by atoms with E-state index in [-0.39, 0.29) is 6.61 Å². The van der Waals surface area contributed by atoms with E-state index < -0.39 is 69.1 Å². The number of hydrogen-bond acceptors (Lipinski definition) is 10. The monoisotopic (exact) mass is 380 g/mol. The number of ether oxygens (including phenoxy) is 6. The first-order chi connectivity index (χ1) is 13.1. The fourth-order valence-corrected chi connectivity index (χ4v) is 2.09. The molecule has 0 rings (SSSR count). The van der Waals surface area contributed by atoms with E-state index in [1.807, 2.05) is 0 Å². The Hall–Kier alpha value is -2.20. The highest BCUT2D eigenvalue weighted by atomic mass is 16.6. The molecule has 10 heteroatoms. The van der Waals surface area contributed by atoms with Gasteiger partial charge in [0.05, 0.1) is 9.35 Å². The quantitative estimate of drug-likeness (QED) is 0.357. The van der Waals surface area contributed by atoms with Gasteiger partial charge in [0.15, 0.2) is 18.3 Å². The topological polar surface area (TPSA) is 124 Å². The van der Waals surface area contributed by atoms with E-state index >= 15 is 0 Å². The van der Waals surface area contributed by atoms with Crippen molar-refractivity contribution in [3.8, 4) is 0 Å². The number of methoxy groups -OCH3 is 2. The van der Waals surface area contributed by atoms with Crippen LogP contribution in [0.4, 0.5) is 0 Å². The molecule has 0 aromatic rings. The van der Waals surface area contributed by atoms with E-state index in [4.69, 9.17) is 31.2 Å². The number of hydrogen-bond donors (Lipinski definition) is 0. The van der Waals surface area contributed by atoms with Gasteiger partial charge in [0, 0.05) is 41.9 Å². The van der Waals surface area contributed by atoms with Crippen molar-refractivity contribution in [3.63, 3.8) is 0 Å². The summed E-state index contributed by atoms with van der Waals surface area (Å²) in [5.41, 5.74) is 0. The standard InChI is InChI=1S/C16H26O10/c1-9(17)23-8-14(25-11(3)19)15(22-6)16(26-12(4)20)13(7-21-5)24-10(2)18/h13-16H,7-8H2,1-6H3/t13-,14-,15-,16-/m1/s1/i5D,6D. The summed E-state index contributed by atoms with van der Waals surface area (Å²) in [5.74, 6) is -2.92. The fraction of sp³-hybridized carbons (Fsp3) is 0.750. The van der Waals surface area contributed by atoms with Crippen LogP contribution < -0.4 is 0 Å². The Bertz CT molecular complexity index is 528. The summed E-state index contributed by atoms with van der Waals surface area (Å²) in [5, 5.41) is 0. The molecule has 0 fully saturated rings. The van der Waals surface area contributed by atoms with Gasteiger partial charge in [-0.25, -0.2) is 0 Å². The zero-order valence-electron chi connectivity index (χ0n) is 17.2. The molecule has 4 atom stereocenters. The molecule has 0 saturated heterocycles. The van der Waals surface area contributed by atoms with Gasteiger partial charge in [0.1, 0.15) is 12.7 Å².